The number of methoxy groups -OCH3 is 1. The number of nitrogens with one attached hydrogen (secondary N) is 2. The van der Waals surface area contributed by atoms with Crippen LogP contribution < -0.4 is 15.4 Å². The summed E-state index contributed by atoms with van der Waals surface area (Å²) in [6.07, 6.45) is 3.95. The molecule has 0 radical (unpaired) electrons. The number of hydrogen-bond acceptors (Lipinski definition) is 4. The van der Waals surface area contributed by atoms with Crippen molar-refractivity contribution in [1.29, 1.82) is 0 Å². The van der Waals surface area contributed by atoms with Crippen LogP contribution in [0.4, 0.5) is 10.5 Å². The molecular formula is C24H27N3O4. The van der Waals surface area contributed by atoms with E-state index < -0.39 is 11.6 Å². The third-order valence-electron chi connectivity index (χ3n) is 6.07. The third kappa shape index (κ3) is 4.40. The highest BCUT2D eigenvalue weighted by molar-refractivity contribution is 6.07. The fourth-order valence-corrected chi connectivity index (χ4v) is 4.44. The molecule has 1 heterocycles. The average Bonchev–Trinajstić information content (AvgIpc) is 3.32. The Morgan fingerprint density at radius 1 is 1.13 bits per heavy atom. The van der Waals surface area contributed by atoms with Gasteiger partial charge in [0.25, 0.3) is 5.91 Å². The summed E-state index contributed by atoms with van der Waals surface area (Å²) in [5.41, 5.74) is 2.02. The Labute approximate surface area is 181 Å². The lowest BCUT2D eigenvalue weighted by molar-refractivity contribution is -0.131. The van der Waals surface area contributed by atoms with Crippen LogP contribution in [-0.2, 0) is 16.0 Å². The van der Waals surface area contributed by atoms with Crippen molar-refractivity contribution in [2.45, 2.75) is 44.1 Å². The van der Waals surface area contributed by atoms with E-state index in [1.54, 1.807) is 13.2 Å². The van der Waals surface area contributed by atoms with E-state index in [1.807, 2.05) is 42.5 Å². The van der Waals surface area contributed by atoms with Crippen molar-refractivity contribution in [2.75, 3.05) is 19.0 Å². The Morgan fingerprint density at radius 3 is 2.58 bits per heavy atom. The first-order valence-corrected chi connectivity index (χ1v) is 10.7. The van der Waals surface area contributed by atoms with Crippen molar-refractivity contribution in [2.24, 2.45) is 0 Å². The lowest BCUT2D eigenvalue weighted by Gasteiger charge is -2.20. The number of ether oxygens (including phenoxy) is 1. The number of carbonyl (C=O) groups is 3. The van der Waals surface area contributed by atoms with Gasteiger partial charge in [0.1, 0.15) is 11.3 Å². The van der Waals surface area contributed by atoms with Crippen LogP contribution in [-0.4, -0.2) is 41.9 Å². The predicted molar refractivity (Wildman–Crippen MR) is 117 cm³/mol. The van der Waals surface area contributed by atoms with Crippen molar-refractivity contribution >= 4 is 23.5 Å². The largest absolute Gasteiger partial charge is 0.496 e. The summed E-state index contributed by atoms with van der Waals surface area (Å²) in [5.74, 6) is 0.309. The summed E-state index contributed by atoms with van der Waals surface area (Å²) in [5, 5.41) is 5.71. The first-order chi connectivity index (χ1) is 15.0. The van der Waals surface area contributed by atoms with Crippen LogP contribution >= 0.6 is 0 Å². The molecule has 2 N–H and O–H groups in total. The van der Waals surface area contributed by atoms with Crippen molar-refractivity contribution < 1.29 is 19.1 Å². The van der Waals surface area contributed by atoms with E-state index in [4.69, 9.17) is 4.74 Å². The Bertz CT molecular complexity index is 984. The van der Waals surface area contributed by atoms with Crippen LogP contribution in [0.1, 0.15) is 43.2 Å². The minimum Gasteiger partial charge on any atom is -0.496 e. The average molecular weight is 421 g/mol. The van der Waals surface area contributed by atoms with Crippen LogP contribution in [0.2, 0.25) is 0 Å². The molecule has 7 nitrogen and oxygen atoms in total. The van der Waals surface area contributed by atoms with Gasteiger partial charge in [0.15, 0.2) is 0 Å². The first-order valence-electron chi connectivity index (χ1n) is 10.7. The highest BCUT2D eigenvalue weighted by Gasteiger charge is 2.52. The van der Waals surface area contributed by atoms with Crippen molar-refractivity contribution in [1.82, 2.24) is 10.2 Å². The number of imide groups is 1. The van der Waals surface area contributed by atoms with Crippen LogP contribution in [0.3, 0.4) is 0 Å². The standard InChI is InChI=1S/C24H27N3O4/c1-31-20-10-9-19(16-18(20)15-17-7-3-2-4-8-17)25-21(28)11-14-27-22(29)24(26-23(27)30)12-5-6-13-24/h2-4,7-10,16H,5-6,11-15H2,1H3,(H,25,28)(H,26,30). The quantitative estimate of drug-likeness (QED) is 0.670. The van der Waals surface area contributed by atoms with Gasteiger partial charge in [0.2, 0.25) is 5.91 Å². The molecule has 2 aliphatic rings. The normalized spacial score (nSPS) is 17.1. The van der Waals surface area contributed by atoms with Gasteiger partial charge in [-0.05, 0) is 36.6 Å². The van der Waals surface area contributed by atoms with Gasteiger partial charge in [-0.15, -0.1) is 0 Å². The maximum Gasteiger partial charge on any atom is 0.325 e. The van der Waals surface area contributed by atoms with Crippen molar-refractivity contribution in [3.8, 4) is 5.75 Å². The number of rotatable bonds is 7. The number of carbonyl (C=O) groups excluding carboxylic acids is 3. The molecule has 7 heteroatoms. The van der Waals surface area contributed by atoms with E-state index in [-0.39, 0.29) is 24.8 Å². The molecule has 2 aromatic rings. The molecule has 2 aromatic carbocycles. The van der Waals surface area contributed by atoms with Crippen molar-refractivity contribution in [3.05, 3.63) is 59.7 Å². The van der Waals surface area contributed by atoms with Crippen LogP contribution in [0.15, 0.2) is 48.5 Å². The van der Waals surface area contributed by atoms with Gasteiger partial charge < -0.3 is 15.4 Å². The molecule has 0 atom stereocenters. The van der Waals surface area contributed by atoms with Gasteiger partial charge in [-0.2, -0.15) is 0 Å². The Kier molecular flexibility index (Phi) is 5.93. The summed E-state index contributed by atoms with van der Waals surface area (Å²) in [4.78, 5) is 38.6. The Hall–Kier alpha value is -3.35. The molecule has 0 aromatic heterocycles. The highest BCUT2D eigenvalue weighted by atomic mass is 16.5. The summed E-state index contributed by atoms with van der Waals surface area (Å²) < 4.78 is 5.46. The summed E-state index contributed by atoms with van der Waals surface area (Å²) >= 11 is 0. The number of hydrogen-bond donors (Lipinski definition) is 2. The zero-order valence-electron chi connectivity index (χ0n) is 17.6. The van der Waals surface area contributed by atoms with E-state index >= 15 is 0 Å². The van der Waals surface area contributed by atoms with Gasteiger partial charge in [-0.25, -0.2) is 4.79 Å². The van der Waals surface area contributed by atoms with Crippen LogP contribution in [0.5, 0.6) is 5.75 Å². The van der Waals surface area contributed by atoms with E-state index in [0.29, 0.717) is 24.9 Å². The molecule has 1 saturated carbocycles. The van der Waals surface area contributed by atoms with E-state index in [9.17, 15) is 14.4 Å². The molecule has 31 heavy (non-hydrogen) atoms. The molecule has 2 fully saturated rings. The Balaban J connectivity index is 1.38. The van der Waals surface area contributed by atoms with Gasteiger partial charge in [-0.3, -0.25) is 14.5 Å². The van der Waals surface area contributed by atoms with Crippen LogP contribution in [0.25, 0.3) is 0 Å². The second-order valence-corrected chi connectivity index (χ2v) is 8.16. The number of benzene rings is 2. The minimum absolute atomic E-state index is 0.0509. The maximum atomic E-state index is 12.7. The van der Waals surface area contributed by atoms with Gasteiger partial charge in [0.05, 0.1) is 7.11 Å². The van der Waals surface area contributed by atoms with Gasteiger partial charge in [-0.1, -0.05) is 43.2 Å². The maximum absolute atomic E-state index is 12.7. The third-order valence-corrected chi connectivity index (χ3v) is 6.07. The molecule has 1 spiro atoms. The summed E-state index contributed by atoms with van der Waals surface area (Å²) in [6.45, 7) is 0.0747. The molecule has 1 saturated heterocycles. The summed E-state index contributed by atoms with van der Waals surface area (Å²) in [6, 6.07) is 15.1. The highest BCUT2D eigenvalue weighted by Crippen LogP contribution is 2.35. The predicted octanol–water partition coefficient (Wildman–Crippen LogP) is 3.48. The molecule has 4 amide bonds. The molecule has 1 aliphatic heterocycles. The van der Waals surface area contributed by atoms with E-state index in [2.05, 4.69) is 10.6 Å². The zero-order valence-corrected chi connectivity index (χ0v) is 17.6. The summed E-state index contributed by atoms with van der Waals surface area (Å²) in [7, 11) is 1.62. The van der Waals surface area contributed by atoms with Crippen LogP contribution in [0, 0.1) is 0 Å². The lowest BCUT2D eigenvalue weighted by atomic mass is 9.98. The smallest absolute Gasteiger partial charge is 0.325 e. The monoisotopic (exact) mass is 421 g/mol. The van der Waals surface area contributed by atoms with Gasteiger partial charge >= 0.3 is 6.03 Å². The zero-order chi connectivity index (χ0) is 21.8. The number of anilines is 1. The molecule has 162 valence electrons. The first kappa shape index (κ1) is 20.9. The number of nitrogens with zero attached hydrogens (tertiary/aromatic N) is 1. The fraction of sp³-hybridized carbons (Fsp3) is 0.375. The van der Waals surface area contributed by atoms with Gasteiger partial charge in [0, 0.05) is 30.6 Å². The second-order valence-electron chi connectivity index (χ2n) is 8.16. The SMILES string of the molecule is COc1ccc(NC(=O)CCN2C(=O)NC3(CCCC3)C2=O)cc1Cc1ccccc1. The molecule has 0 bridgehead atoms. The second kappa shape index (κ2) is 8.79. The molecule has 0 unspecified atom stereocenters. The van der Waals surface area contributed by atoms with Crippen molar-refractivity contribution in [3.63, 3.8) is 0 Å². The van der Waals surface area contributed by atoms with E-state index in [0.717, 1.165) is 29.7 Å². The lowest BCUT2D eigenvalue weighted by Crippen LogP contribution is -2.44. The number of urea groups is 1. The fourth-order valence-electron chi connectivity index (χ4n) is 4.44. The minimum atomic E-state index is -0.740. The molecule has 4 rings (SSSR count). The topological polar surface area (TPSA) is 87.7 Å². The van der Waals surface area contributed by atoms with E-state index in [1.165, 1.54) is 4.90 Å². The Morgan fingerprint density at radius 2 is 1.87 bits per heavy atom. The number of amides is 4. The molecule has 1 aliphatic carbocycles. The molecular weight excluding hydrogens is 394 g/mol.